The van der Waals surface area contributed by atoms with Crippen LogP contribution in [0.4, 0.5) is 0 Å². The summed E-state index contributed by atoms with van der Waals surface area (Å²) in [5.41, 5.74) is 1.40. The Morgan fingerprint density at radius 3 is 2.75 bits per heavy atom. The second kappa shape index (κ2) is 5.16. The molecule has 0 unspecified atom stereocenters. The number of allylic oxidation sites excluding steroid dienone is 1. The van der Waals surface area contributed by atoms with E-state index in [0.717, 1.165) is 5.56 Å². The number of H-pyrrole nitrogens is 1. The molecule has 2 N–H and O–H groups in total. The SMILES string of the molecule is CCOC(C=O)=Cc1[nH]c(C(=O)O)cc1C. The summed E-state index contributed by atoms with van der Waals surface area (Å²) in [7, 11) is 0. The number of carbonyl (C=O) groups is 2. The summed E-state index contributed by atoms with van der Waals surface area (Å²) >= 11 is 0. The summed E-state index contributed by atoms with van der Waals surface area (Å²) < 4.78 is 5.05. The molecular formula is C11H13NO4. The van der Waals surface area contributed by atoms with Crippen molar-refractivity contribution in [3.8, 4) is 0 Å². The molecule has 0 saturated heterocycles. The van der Waals surface area contributed by atoms with Crippen molar-refractivity contribution in [1.82, 2.24) is 4.98 Å². The highest BCUT2D eigenvalue weighted by atomic mass is 16.5. The number of carbonyl (C=O) groups excluding carboxylic acids is 1. The van der Waals surface area contributed by atoms with Crippen LogP contribution in [0.5, 0.6) is 0 Å². The van der Waals surface area contributed by atoms with E-state index in [1.165, 1.54) is 12.1 Å². The largest absolute Gasteiger partial charge is 0.490 e. The summed E-state index contributed by atoms with van der Waals surface area (Å²) in [6.07, 6.45) is 2.07. The minimum Gasteiger partial charge on any atom is -0.490 e. The van der Waals surface area contributed by atoms with Crippen LogP contribution in [0, 0.1) is 6.92 Å². The number of rotatable bonds is 5. The number of hydrogen-bond acceptors (Lipinski definition) is 3. The van der Waals surface area contributed by atoms with Crippen LogP contribution < -0.4 is 0 Å². The summed E-state index contributed by atoms with van der Waals surface area (Å²) in [6, 6.07) is 1.50. The van der Waals surface area contributed by atoms with Crippen LogP contribution in [-0.4, -0.2) is 29.0 Å². The van der Waals surface area contributed by atoms with E-state index in [0.29, 0.717) is 18.6 Å². The molecular weight excluding hydrogens is 210 g/mol. The average Bonchev–Trinajstić information content (AvgIpc) is 2.60. The smallest absolute Gasteiger partial charge is 0.352 e. The van der Waals surface area contributed by atoms with Crippen molar-refractivity contribution < 1.29 is 19.4 Å². The lowest BCUT2D eigenvalue weighted by Gasteiger charge is -2.00. The highest BCUT2D eigenvalue weighted by Crippen LogP contribution is 2.13. The van der Waals surface area contributed by atoms with Crippen molar-refractivity contribution >= 4 is 18.3 Å². The van der Waals surface area contributed by atoms with Gasteiger partial charge in [0.1, 0.15) is 5.69 Å². The van der Waals surface area contributed by atoms with Gasteiger partial charge in [-0.15, -0.1) is 0 Å². The molecule has 0 aromatic carbocycles. The third kappa shape index (κ3) is 2.73. The molecule has 1 aromatic heterocycles. The normalized spacial score (nSPS) is 11.2. The molecule has 0 amide bonds. The molecule has 0 fully saturated rings. The van der Waals surface area contributed by atoms with Crippen LogP contribution in [0.1, 0.15) is 28.7 Å². The maximum atomic E-state index is 10.7. The molecule has 1 rings (SSSR count). The summed E-state index contributed by atoms with van der Waals surface area (Å²) in [5, 5.41) is 8.76. The first-order valence-corrected chi connectivity index (χ1v) is 4.81. The van der Waals surface area contributed by atoms with E-state index < -0.39 is 5.97 Å². The average molecular weight is 223 g/mol. The number of aldehydes is 1. The first-order chi connectivity index (χ1) is 7.58. The van der Waals surface area contributed by atoms with Gasteiger partial charge >= 0.3 is 5.97 Å². The number of ether oxygens (including phenoxy) is 1. The number of aryl methyl sites for hydroxylation is 1. The fourth-order valence-electron chi connectivity index (χ4n) is 1.26. The molecule has 5 nitrogen and oxygen atoms in total. The first kappa shape index (κ1) is 12.0. The van der Waals surface area contributed by atoms with Crippen LogP contribution in [0.2, 0.25) is 0 Å². The summed E-state index contributed by atoms with van der Waals surface area (Å²) in [6.45, 7) is 3.90. The van der Waals surface area contributed by atoms with Crippen molar-refractivity contribution in [1.29, 1.82) is 0 Å². The molecule has 0 spiro atoms. The number of aromatic nitrogens is 1. The lowest BCUT2D eigenvalue weighted by Crippen LogP contribution is -1.96. The molecule has 0 aliphatic carbocycles. The zero-order chi connectivity index (χ0) is 12.1. The Bertz CT molecular complexity index is 431. The van der Waals surface area contributed by atoms with Gasteiger partial charge in [-0.1, -0.05) is 0 Å². The molecule has 0 saturated carbocycles. The predicted octanol–water partition coefficient (Wildman–Crippen LogP) is 1.60. The summed E-state index contributed by atoms with van der Waals surface area (Å²) in [5.74, 6) is -0.865. The Morgan fingerprint density at radius 2 is 2.31 bits per heavy atom. The fourth-order valence-corrected chi connectivity index (χ4v) is 1.26. The Labute approximate surface area is 92.7 Å². The summed E-state index contributed by atoms with van der Waals surface area (Å²) in [4.78, 5) is 24.0. The highest BCUT2D eigenvalue weighted by Gasteiger charge is 2.09. The molecule has 0 radical (unpaired) electrons. The second-order valence-electron chi connectivity index (χ2n) is 3.18. The Kier molecular flexibility index (Phi) is 3.88. The van der Waals surface area contributed by atoms with Crippen LogP contribution >= 0.6 is 0 Å². The Morgan fingerprint density at radius 1 is 1.62 bits per heavy atom. The maximum Gasteiger partial charge on any atom is 0.352 e. The van der Waals surface area contributed by atoms with Gasteiger partial charge in [0.15, 0.2) is 12.0 Å². The quantitative estimate of drug-likeness (QED) is 0.451. The van der Waals surface area contributed by atoms with Gasteiger partial charge < -0.3 is 14.8 Å². The molecule has 5 heteroatoms. The standard InChI is InChI=1S/C11H13NO4/c1-3-16-8(6-13)5-9-7(2)4-10(12-9)11(14)15/h4-6,12H,3H2,1-2H3,(H,14,15). The van der Waals surface area contributed by atoms with Gasteiger partial charge in [0.25, 0.3) is 0 Å². The first-order valence-electron chi connectivity index (χ1n) is 4.81. The van der Waals surface area contributed by atoms with E-state index in [2.05, 4.69) is 4.98 Å². The van der Waals surface area contributed by atoms with E-state index in [1.54, 1.807) is 13.8 Å². The van der Waals surface area contributed by atoms with Gasteiger partial charge in [-0.2, -0.15) is 0 Å². The Hall–Kier alpha value is -2.04. The minimum absolute atomic E-state index is 0.0884. The van der Waals surface area contributed by atoms with Crippen molar-refractivity contribution in [3.63, 3.8) is 0 Å². The number of nitrogens with one attached hydrogen (secondary N) is 1. The molecule has 0 aliphatic rings. The van der Waals surface area contributed by atoms with E-state index in [4.69, 9.17) is 9.84 Å². The van der Waals surface area contributed by atoms with Crippen LogP contribution in [0.3, 0.4) is 0 Å². The van der Waals surface area contributed by atoms with Crippen LogP contribution in [0.15, 0.2) is 11.8 Å². The van der Waals surface area contributed by atoms with Crippen LogP contribution in [-0.2, 0) is 9.53 Å². The Balaban J connectivity index is 3.03. The fraction of sp³-hybridized carbons (Fsp3) is 0.273. The zero-order valence-electron chi connectivity index (χ0n) is 9.11. The van der Waals surface area contributed by atoms with Crippen molar-refractivity contribution in [2.75, 3.05) is 6.61 Å². The molecule has 1 aromatic rings. The van der Waals surface area contributed by atoms with Crippen molar-refractivity contribution in [2.24, 2.45) is 0 Å². The lowest BCUT2D eigenvalue weighted by molar-refractivity contribution is -0.107. The molecule has 1 heterocycles. The lowest BCUT2D eigenvalue weighted by atomic mass is 10.2. The topological polar surface area (TPSA) is 79.4 Å². The third-order valence-electron chi connectivity index (χ3n) is 2.00. The van der Waals surface area contributed by atoms with E-state index in [1.807, 2.05) is 0 Å². The van der Waals surface area contributed by atoms with E-state index in [-0.39, 0.29) is 11.5 Å². The van der Waals surface area contributed by atoms with Crippen LogP contribution in [0.25, 0.3) is 6.08 Å². The molecule has 86 valence electrons. The minimum atomic E-state index is -1.04. The predicted molar refractivity (Wildman–Crippen MR) is 58.2 cm³/mol. The highest BCUT2D eigenvalue weighted by molar-refractivity contribution is 5.87. The number of carboxylic acid groups (broad SMARTS) is 1. The number of hydrogen-bond donors (Lipinski definition) is 2. The number of aromatic amines is 1. The number of aromatic carboxylic acids is 1. The van der Waals surface area contributed by atoms with Gasteiger partial charge in [-0.05, 0) is 25.5 Å². The van der Waals surface area contributed by atoms with Gasteiger partial charge in [0.2, 0.25) is 0 Å². The number of carboxylic acids is 1. The molecule has 16 heavy (non-hydrogen) atoms. The zero-order valence-corrected chi connectivity index (χ0v) is 9.11. The van der Waals surface area contributed by atoms with E-state index in [9.17, 15) is 9.59 Å². The van der Waals surface area contributed by atoms with Gasteiger partial charge in [0, 0.05) is 11.8 Å². The maximum absolute atomic E-state index is 10.7. The molecule has 0 bridgehead atoms. The van der Waals surface area contributed by atoms with Crippen molar-refractivity contribution in [3.05, 3.63) is 28.8 Å². The third-order valence-corrected chi connectivity index (χ3v) is 2.00. The van der Waals surface area contributed by atoms with Gasteiger partial charge in [-0.3, -0.25) is 4.79 Å². The van der Waals surface area contributed by atoms with Crippen molar-refractivity contribution in [2.45, 2.75) is 13.8 Å². The monoisotopic (exact) mass is 223 g/mol. The van der Waals surface area contributed by atoms with Gasteiger partial charge in [0.05, 0.1) is 6.61 Å². The van der Waals surface area contributed by atoms with Gasteiger partial charge in [-0.25, -0.2) is 4.79 Å². The van der Waals surface area contributed by atoms with E-state index >= 15 is 0 Å². The molecule has 0 aliphatic heterocycles. The second-order valence-corrected chi connectivity index (χ2v) is 3.18. The molecule has 0 atom stereocenters.